The Morgan fingerprint density at radius 1 is 1.48 bits per heavy atom. The van der Waals surface area contributed by atoms with Gasteiger partial charge in [0.25, 0.3) is 0 Å². The summed E-state index contributed by atoms with van der Waals surface area (Å²) in [6.45, 7) is 1.77. The molecule has 0 saturated carbocycles. The minimum absolute atomic E-state index is 0.00430. The van der Waals surface area contributed by atoms with E-state index in [1.807, 2.05) is 17.5 Å². The molecule has 4 heterocycles. The monoisotopic (exact) mass is 478 g/mol. The summed E-state index contributed by atoms with van der Waals surface area (Å²) in [4.78, 5) is 38.4. The van der Waals surface area contributed by atoms with Crippen molar-refractivity contribution in [2.45, 2.75) is 35.0 Å². The predicted octanol–water partition coefficient (Wildman–Crippen LogP) is 1.29. The number of carboxylic acids is 1. The summed E-state index contributed by atoms with van der Waals surface area (Å²) in [6, 6.07) is 5.24. The summed E-state index contributed by atoms with van der Waals surface area (Å²) in [5, 5.41) is 27.1. The van der Waals surface area contributed by atoms with Crippen LogP contribution in [0.5, 0.6) is 0 Å². The number of carbonyl (C=O) groups is 3. The number of nitrogens with two attached hydrogens (primary N) is 1. The van der Waals surface area contributed by atoms with E-state index < -0.39 is 16.2 Å². The molecule has 162 valence electrons. The van der Waals surface area contributed by atoms with Crippen molar-refractivity contribution in [2.24, 2.45) is 5.73 Å². The minimum Gasteiger partial charge on any atom is -0.594 e. The van der Waals surface area contributed by atoms with Gasteiger partial charge in [-0.2, -0.15) is 0 Å². The number of fused-ring (bicyclic) bond motifs is 1. The summed E-state index contributed by atoms with van der Waals surface area (Å²) in [5.74, 6) is -1.97. The Labute approximate surface area is 189 Å². The van der Waals surface area contributed by atoms with Crippen LogP contribution in [0.25, 0.3) is 0 Å². The van der Waals surface area contributed by atoms with Gasteiger partial charge in [0.05, 0.1) is 11.8 Å². The molecule has 2 atom stereocenters. The maximum atomic E-state index is 13.3. The van der Waals surface area contributed by atoms with Crippen LogP contribution in [0.1, 0.15) is 16.9 Å². The molecule has 1 saturated heterocycles. The van der Waals surface area contributed by atoms with Crippen LogP contribution in [-0.4, -0.2) is 48.8 Å². The predicted molar refractivity (Wildman–Crippen MR) is 116 cm³/mol. The molecule has 9 nitrogen and oxygen atoms in total. The molecule has 2 aromatic rings. The molecule has 0 radical (unpaired) electrons. The fourth-order valence-electron chi connectivity index (χ4n) is 3.43. The number of hydrogen-bond donors (Lipinski definition) is 2. The van der Waals surface area contributed by atoms with Gasteiger partial charge in [-0.25, -0.2) is 4.79 Å². The van der Waals surface area contributed by atoms with Gasteiger partial charge in [0.1, 0.15) is 10.6 Å². The lowest BCUT2D eigenvalue weighted by molar-refractivity contribution is -0.673. The maximum absolute atomic E-state index is 13.3. The second-order valence-corrected chi connectivity index (χ2v) is 10.5. The van der Waals surface area contributed by atoms with Crippen LogP contribution in [0.15, 0.2) is 46.1 Å². The molecular weight excluding hydrogens is 460 g/mol. The molecule has 1 amide bonds. The van der Waals surface area contributed by atoms with Crippen molar-refractivity contribution in [3.05, 3.63) is 56.7 Å². The standard InChI is InChI=1S/C19H18N4O5S3/c1-10-4-5-22(28)21-17(10)30-9-12-16(18(26)27)23-14(25)8-15(23)31-19(12,20)13(24)7-11-3-2-6-29-11/h2-6,15H,7-9,20H2,1H3,(H,26,27). The van der Waals surface area contributed by atoms with Crippen molar-refractivity contribution in [1.82, 2.24) is 10.00 Å². The second-order valence-electron chi connectivity index (χ2n) is 7.08. The zero-order chi connectivity index (χ0) is 22.3. The zero-order valence-corrected chi connectivity index (χ0v) is 18.8. The van der Waals surface area contributed by atoms with E-state index in [9.17, 15) is 24.7 Å². The van der Waals surface area contributed by atoms with Gasteiger partial charge in [-0.3, -0.25) is 14.5 Å². The van der Waals surface area contributed by atoms with E-state index in [1.165, 1.54) is 22.4 Å². The molecule has 0 aromatic carbocycles. The number of ketones is 1. The van der Waals surface area contributed by atoms with E-state index >= 15 is 0 Å². The first-order valence-electron chi connectivity index (χ1n) is 9.22. The Bertz CT molecular complexity index is 1100. The van der Waals surface area contributed by atoms with Crippen LogP contribution < -0.4 is 10.6 Å². The Balaban J connectivity index is 1.74. The number of nitrogens with zero attached hydrogens (tertiary/aromatic N) is 3. The largest absolute Gasteiger partial charge is 0.594 e. The van der Waals surface area contributed by atoms with Crippen LogP contribution in [0.4, 0.5) is 0 Å². The minimum atomic E-state index is -1.61. The summed E-state index contributed by atoms with van der Waals surface area (Å²) in [6.07, 6.45) is 1.45. The highest BCUT2D eigenvalue weighted by Crippen LogP contribution is 2.49. The number of aromatic nitrogens is 2. The zero-order valence-electron chi connectivity index (χ0n) is 16.3. The Morgan fingerprint density at radius 3 is 2.90 bits per heavy atom. The average molecular weight is 479 g/mol. The highest BCUT2D eigenvalue weighted by atomic mass is 32.2. The highest BCUT2D eigenvalue weighted by molar-refractivity contribution is 8.02. The molecule has 0 bridgehead atoms. The van der Waals surface area contributed by atoms with E-state index in [2.05, 4.69) is 5.10 Å². The van der Waals surface area contributed by atoms with Crippen LogP contribution in [0, 0.1) is 12.1 Å². The number of rotatable bonds is 7. The van der Waals surface area contributed by atoms with E-state index in [0.717, 1.165) is 34.0 Å². The Kier molecular flexibility index (Phi) is 5.81. The number of aryl methyl sites for hydroxylation is 1. The van der Waals surface area contributed by atoms with E-state index in [-0.39, 0.29) is 41.6 Å². The summed E-state index contributed by atoms with van der Waals surface area (Å²) in [7, 11) is 0. The fraction of sp³-hybridized carbons (Fsp3) is 0.316. The van der Waals surface area contributed by atoms with Crippen LogP contribution >= 0.6 is 34.9 Å². The first-order valence-corrected chi connectivity index (χ1v) is 12.0. The number of carboxylic acid groups (broad SMARTS) is 1. The summed E-state index contributed by atoms with van der Waals surface area (Å²) in [5.41, 5.74) is 7.23. The molecule has 31 heavy (non-hydrogen) atoms. The SMILES string of the molecule is Cc1cc[n+]([O-])nc1SCC1=C(C(=O)O)N2C(=O)CC2SC1(N)C(=O)Cc1cccs1. The Morgan fingerprint density at radius 2 is 2.26 bits per heavy atom. The maximum Gasteiger partial charge on any atom is 0.352 e. The normalized spacial score (nSPS) is 22.8. The quantitative estimate of drug-likeness (QED) is 0.261. The highest BCUT2D eigenvalue weighted by Gasteiger charge is 2.55. The van der Waals surface area contributed by atoms with Crippen LogP contribution in [0.2, 0.25) is 0 Å². The van der Waals surface area contributed by atoms with Gasteiger partial charge < -0.3 is 16.0 Å². The number of β-lactam (4-membered cyclic amide) rings is 1. The molecular formula is C19H18N4O5S3. The van der Waals surface area contributed by atoms with Crippen molar-refractivity contribution in [3.63, 3.8) is 0 Å². The van der Waals surface area contributed by atoms with E-state index in [4.69, 9.17) is 5.73 Å². The number of hydrogen-bond acceptors (Lipinski definition) is 9. The molecule has 2 unspecified atom stereocenters. The van der Waals surface area contributed by atoms with Crippen molar-refractivity contribution < 1.29 is 24.3 Å². The number of amides is 1. The van der Waals surface area contributed by atoms with Gasteiger partial charge in [-0.15, -0.1) is 23.1 Å². The molecule has 0 spiro atoms. The number of thioether (sulfide) groups is 2. The van der Waals surface area contributed by atoms with Crippen molar-refractivity contribution in [1.29, 1.82) is 0 Å². The lowest BCUT2D eigenvalue weighted by Crippen LogP contribution is -2.63. The fourth-order valence-corrected chi connectivity index (χ4v) is 6.81. The van der Waals surface area contributed by atoms with Gasteiger partial charge in [0.15, 0.2) is 10.8 Å². The van der Waals surface area contributed by atoms with Crippen LogP contribution in [-0.2, 0) is 20.8 Å². The lowest BCUT2D eigenvalue weighted by Gasteiger charge is -2.49. The number of thiophene rings is 1. The lowest BCUT2D eigenvalue weighted by atomic mass is 9.96. The van der Waals surface area contributed by atoms with Gasteiger partial charge in [0, 0.05) is 33.8 Å². The topological polar surface area (TPSA) is 141 Å². The van der Waals surface area contributed by atoms with E-state index in [1.54, 1.807) is 13.0 Å². The second kappa shape index (κ2) is 8.26. The Hall–Kier alpha value is -2.41. The van der Waals surface area contributed by atoms with Crippen molar-refractivity contribution in [3.8, 4) is 0 Å². The van der Waals surface area contributed by atoms with Gasteiger partial charge in [0.2, 0.25) is 12.1 Å². The van der Waals surface area contributed by atoms with Crippen molar-refractivity contribution in [2.75, 3.05) is 5.75 Å². The third-order valence-corrected chi connectivity index (χ3v) is 8.55. The molecule has 4 rings (SSSR count). The average Bonchev–Trinajstić information content (AvgIpc) is 3.21. The molecule has 2 aliphatic rings. The summed E-state index contributed by atoms with van der Waals surface area (Å²) < 4.78 is 0. The van der Waals surface area contributed by atoms with Crippen molar-refractivity contribution >= 4 is 52.5 Å². The molecule has 12 heteroatoms. The number of Topliss-reactive ketones (excluding diaryl/α,β-unsaturated/α-hetero) is 1. The molecule has 0 aliphatic carbocycles. The van der Waals surface area contributed by atoms with Gasteiger partial charge in [-0.1, -0.05) is 22.7 Å². The third-order valence-electron chi connectivity index (χ3n) is 5.07. The smallest absolute Gasteiger partial charge is 0.352 e. The number of carbonyl (C=O) groups excluding carboxylic acids is 2. The van der Waals surface area contributed by atoms with Gasteiger partial charge in [-0.05, 0) is 23.9 Å². The first-order chi connectivity index (χ1) is 14.7. The van der Waals surface area contributed by atoms with Crippen LogP contribution in [0.3, 0.4) is 0 Å². The molecule has 2 aromatic heterocycles. The third kappa shape index (κ3) is 3.95. The molecule has 1 fully saturated rings. The first kappa shape index (κ1) is 21.8. The summed E-state index contributed by atoms with van der Waals surface area (Å²) >= 11 is 3.63. The molecule has 3 N–H and O–H groups in total. The van der Waals surface area contributed by atoms with E-state index in [0.29, 0.717) is 9.87 Å². The van der Waals surface area contributed by atoms with Gasteiger partial charge >= 0.3 is 5.97 Å². The molecule has 2 aliphatic heterocycles. The number of aliphatic carboxylic acids is 1.